The Morgan fingerprint density at radius 1 is 1.24 bits per heavy atom. The largest absolute Gasteiger partial charge is 0.573 e. The highest BCUT2D eigenvalue weighted by atomic mass is 79.9. The monoisotopic (exact) mass is 325 g/mol. The first kappa shape index (κ1) is 12.4. The Bertz CT molecular complexity index is 573. The van der Waals surface area contributed by atoms with Crippen molar-refractivity contribution in [2.45, 2.75) is 6.36 Å². The lowest BCUT2D eigenvalue weighted by molar-refractivity contribution is -0.274. The fourth-order valence-corrected chi connectivity index (χ4v) is 2.05. The molecule has 1 heterocycles. The van der Waals surface area contributed by atoms with E-state index in [-0.39, 0.29) is 16.2 Å². The van der Waals surface area contributed by atoms with Crippen LogP contribution in [0.2, 0.25) is 5.02 Å². The van der Waals surface area contributed by atoms with Crippen molar-refractivity contribution in [3.8, 4) is 5.75 Å². The van der Waals surface area contributed by atoms with Gasteiger partial charge in [-0.1, -0.05) is 11.6 Å². The van der Waals surface area contributed by atoms with Gasteiger partial charge in [-0.15, -0.1) is 13.2 Å². The summed E-state index contributed by atoms with van der Waals surface area (Å²) in [6.07, 6.45) is -3.35. The van der Waals surface area contributed by atoms with Crippen LogP contribution in [-0.2, 0) is 0 Å². The molecule has 0 aliphatic heterocycles. The van der Waals surface area contributed by atoms with Gasteiger partial charge in [0.15, 0.2) is 0 Å². The number of nitrogens with zero attached hydrogens (tertiary/aromatic N) is 1. The summed E-state index contributed by atoms with van der Waals surface area (Å²) in [5.41, 5.74) is 0.319. The second kappa shape index (κ2) is 4.34. The SMILES string of the molecule is FC(F)(F)Oc1ccc(Br)c2nccc(Cl)c12. The van der Waals surface area contributed by atoms with E-state index in [4.69, 9.17) is 11.6 Å². The molecule has 0 amide bonds. The average Bonchev–Trinajstić information content (AvgIpc) is 2.21. The summed E-state index contributed by atoms with van der Waals surface area (Å²) in [6, 6.07) is 4.01. The number of hydrogen-bond acceptors (Lipinski definition) is 2. The van der Waals surface area contributed by atoms with E-state index >= 15 is 0 Å². The number of benzene rings is 1. The fraction of sp³-hybridized carbons (Fsp3) is 0.100. The molecule has 90 valence electrons. The molecule has 1 aromatic heterocycles. The predicted octanol–water partition coefficient (Wildman–Crippen LogP) is 4.55. The molecular weight excluding hydrogens is 322 g/mol. The summed E-state index contributed by atoms with van der Waals surface area (Å²) < 4.78 is 41.1. The fourth-order valence-electron chi connectivity index (χ4n) is 1.37. The van der Waals surface area contributed by atoms with Crippen LogP contribution in [-0.4, -0.2) is 11.3 Å². The van der Waals surface area contributed by atoms with Gasteiger partial charge in [0, 0.05) is 10.7 Å². The predicted molar refractivity (Wildman–Crippen MR) is 61.1 cm³/mol. The highest BCUT2D eigenvalue weighted by Gasteiger charge is 2.32. The molecule has 2 nitrogen and oxygen atoms in total. The minimum Gasteiger partial charge on any atom is -0.405 e. The Kier molecular flexibility index (Phi) is 3.18. The molecule has 1 aromatic carbocycles. The van der Waals surface area contributed by atoms with Gasteiger partial charge in [0.2, 0.25) is 0 Å². The van der Waals surface area contributed by atoms with E-state index in [1.54, 1.807) is 0 Å². The molecule has 0 spiro atoms. The van der Waals surface area contributed by atoms with E-state index in [0.29, 0.717) is 9.99 Å². The number of aromatic nitrogens is 1. The van der Waals surface area contributed by atoms with Crippen LogP contribution >= 0.6 is 27.5 Å². The van der Waals surface area contributed by atoms with E-state index in [9.17, 15) is 13.2 Å². The van der Waals surface area contributed by atoms with Gasteiger partial charge in [-0.25, -0.2) is 0 Å². The normalized spacial score (nSPS) is 11.8. The Morgan fingerprint density at radius 2 is 1.94 bits per heavy atom. The number of hydrogen-bond donors (Lipinski definition) is 0. The van der Waals surface area contributed by atoms with Crippen LogP contribution in [0.4, 0.5) is 13.2 Å². The molecule has 0 saturated heterocycles. The number of pyridine rings is 1. The highest BCUT2D eigenvalue weighted by Crippen LogP contribution is 2.37. The van der Waals surface area contributed by atoms with Crippen molar-refractivity contribution in [1.29, 1.82) is 0 Å². The van der Waals surface area contributed by atoms with Crippen LogP contribution in [0.25, 0.3) is 10.9 Å². The van der Waals surface area contributed by atoms with Gasteiger partial charge in [0.25, 0.3) is 0 Å². The number of ether oxygens (including phenoxy) is 1. The van der Waals surface area contributed by atoms with Crippen LogP contribution in [0, 0.1) is 0 Å². The van der Waals surface area contributed by atoms with Crippen LogP contribution in [0.3, 0.4) is 0 Å². The topological polar surface area (TPSA) is 22.1 Å². The Balaban J connectivity index is 2.69. The summed E-state index contributed by atoms with van der Waals surface area (Å²) in [7, 11) is 0. The zero-order chi connectivity index (χ0) is 12.6. The first-order valence-electron chi connectivity index (χ1n) is 4.37. The molecule has 0 atom stereocenters. The van der Waals surface area contributed by atoms with E-state index < -0.39 is 6.36 Å². The lowest BCUT2D eigenvalue weighted by atomic mass is 10.2. The Hall–Kier alpha value is -1.01. The summed E-state index contributed by atoms with van der Waals surface area (Å²) in [6.45, 7) is 0. The molecule has 7 heteroatoms. The summed E-state index contributed by atoms with van der Waals surface area (Å²) in [4.78, 5) is 3.95. The Labute approximate surface area is 107 Å². The third kappa shape index (κ3) is 2.63. The minimum absolute atomic E-state index is 0.126. The third-order valence-corrected chi connectivity index (χ3v) is 2.93. The van der Waals surface area contributed by atoms with Gasteiger partial charge in [0.05, 0.1) is 15.9 Å². The molecule has 2 aromatic rings. The summed E-state index contributed by atoms with van der Waals surface area (Å²) in [5, 5.41) is 0.274. The maximum atomic E-state index is 12.2. The van der Waals surface area contributed by atoms with E-state index in [2.05, 4.69) is 25.7 Å². The standard InChI is InChI=1S/C10H4BrClF3NO/c11-5-1-2-7(17-10(13,14)15)8-6(12)3-4-16-9(5)8/h1-4H. The van der Waals surface area contributed by atoms with Crippen molar-refractivity contribution in [2.24, 2.45) is 0 Å². The number of halogens is 5. The number of alkyl halides is 3. The smallest absolute Gasteiger partial charge is 0.405 e. The lowest BCUT2D eigenvalue weighted by Gasteiger charge is -2.12. The Morgan fingerprint density at radius 3 is 2.59 bits per heavy atom. The van der Waals surface area contributed by atoms with E-state index in [0.717, 1.165) is 0 Å². The maximum absolute atomic E-state index is 12.2. The quantitative estimate of drug-likeness (QED) is 0.767. The molecule has 0 saturated carbocycles. The van der Waals surface area contributed by atoms with Gasteiger partial charge < -0.3 is 4.74 Å². The first-order valence-corrected chi connectivity index (χ1v) is 5.54. The molecule has 0 aliphatic carbocycles. The highest BCUT2D eigenvalue weighted by molar-refractivity contribution is 9.10. The molecule has 0 fully saturated rings. The van der Waals surface area contributed by atoms with Crippen molar-refractivity contribution >= 4 is 38.4 Å². The van der Waals surface area contributed by atoms with E-state index in [1.165, 1.54) is 24.4 Å². The van der Waals surface area contributed by atoms with Crippen molar-refractivity contribution < 1.29 is 17.9 Å². The molecule has 0 bridgehead atoms. The molecular formula is C10H4BrClF3NO. The molecule has 0 N–H and O–H groups in total. The van der Waals surface area contributed by atoms with Crippen LogP contribution in [0.15, 0.2) is 28.9 Å². The van der Waals surface area contributed by atoms with Crippen LogP contribution < -0.4 is 4.74 Å². The molecule has 17 heavy (non-hydrogen) atoms. The van der Waals surface area contributed by atoms with Crippen molar-refractivity contribution in [3.05, 3.63) is 33.9 Å². The minimum atomic E-state index is -4.76. The molecule has 0 unspecified atom stereocenters. The molecule has 2 rings (SSSR count). The zero-order valence-electron chi connectivity index (χ0n) is 8.05. The average molecular weight is 326 g/mol. The first-order chi connectivity index (χ1) is 7.88. The van der Waals surface area contributed by atoms with Gasteiger partial charge >= 0.3 is 6.36 Å². The number of fused-ring (bicyclic) bond motifs is 1. The van der Waals surface area contributed by atoms with Crippen LogP contribution in [0.1, 0.15) is 0 Å². The molecule has 0 aliphatic rings. The number of rotatable bonds is 1. The van der Waals surface area contributed by atoms with Gasteiger partial charge in [0.1, 0.15) is 5.75 Å². The van der Waals surface area contributed by atoms with Crippen molar-refractivity contribution in [2.75, 3.05) is 0 Å². The molecule has 0 radical (unpaired) electrons. The van der Waals surface area contributed by atoms with E-state index in [1.807, 2.05) is 0 Å². The lowest BCUT2D eigenvalue weighted by Crippen LogP contribution is -2.17. The second-order valence-corrected chi connectivity index (χ2v) is 4.37. The maximum Gasteiger partial charge on any atom is 0.573 e. The van der Waals surface area contributed by atoms with Gasteiger partial charge in [-0.05, 0) is 34.1 Å². The summed E-state index contributed by atoms with van der Waals surface area (Å²) in [5.74, 6) is -0.367. The van der Waals surface area contributed by atoms with Crippen LogP contribution in [0.5, 0.6) is 5.75 Å². The van der Waals surface area contributed by atoms with Gasteiger partial charge in [-0.2, -0.15) is 0 Å². The third-order valence-electron chi connectivity index (χ3n) is 1.98. The van der Waals surface area contributed by atoms with Crippen molar-refractivity contribution in [3.63, 3.8) is 0 Å². The second-order valence-electron chi connectivity index (χ2n) is 3.11. The zero-order valence-corrected chi connectivity index (χ0v) is 10.4. The van der Waals surface area contributed by atoms with Crippen molar-refractivity contribution in [1.82, 2.24) is 4.98 Å². The van der Waals surface area contributed by atoms with Gasteiger partial charge in [-0.3, -0.25) is 4.98 Å². The summed E-state index contributed by atoms with van der Waals surface area (Å²) >= 11 is 9.04.